The van der Waals surface area contributed by atoms with Gasteiger partial charge < -0.3 is 10.1 Å². The largest absolute Gasteiger partial charge is 0.465 e. The second-order valence-electron chi connectivity index (χ2n) is 6.62. The molecule has 0 bridgehead atoms. The highest BCUT2D eigenvalue weighted by Crippen LogP contribution is 2.20. The zero-order chi connectivity index (χ0) is 18.8. The number of rotatable bonds is 5. The number of carbonyl (C=O) groups excluding carboxylic acids is 2. The Morgan fingerprint density at radius 2 is 2.00 bits per heavy atom. The van der Waals surface area contributed by atoms with Crippen LogP contribution in [0.4, 0.5) is 0 Å². The predicted molar refractivity (Wildman–Crippen MR) is 91.2 cm³/mol. The zero-order valence-corrected chi connectivity index (χ0v) is 15.1. The van der Waals surface area contributed by atoms with Gasteiger partial charge in [-0.05, 0) is 34.6 Å². The fourth-order valence-electron chi connectivity index (χ4n) is 2.41. The number of carbonyl (C=O) groups is 2. The Morgan fingerprint density at radius 3 is 2.60 bits per heavy atom. The van der Waals surface area contributed by atoms with Crippen LogP contribution >= 0.6 is 0 Å². The number of aromatic nitrogens is 4. The molecule has 0 spiro atoms. The van der Waals surface area contributed by atoms with Crippen LogP contribution in [-0.4, -0.2) is 44.6 Å². The zero-order valence-electron chi connectivity index (χ0n) is 15.1. The summed E-state index contributed by atoms with van der Waals surface area (Å²) in [6.45, 7) is 8.94. The van der Waals surface area contributed by atoms with Gasteiger partial charge in [0, 0.05) is 5.39 Å². The summed E-state index contributed by atoms with van der Waals surface area (Å²) in [5.74, 6) is -1.03. The molecule has 2 heterocycles. The van der Waals surface area contributed by atoms with E-state index in [1.807, 2.05) is 20.8 Å². The Kier molecular flexibility index (Phi) is 5.24. The molecule has 2 rings (SSSR count). The SMILES string of the molecule is CCOC(=O)CNC(=O)Cn1nc(C)c2cnn(C(C)(C)C)c2c1=O. The molecule has 2 aromatic rings. The van der Waals surface area contributed by atoms with Crippen molar-refractivity contribution in [3.05, 3.63) is 22.2 Å². The van der Waals surface area contributed by atoms with Crippen molar-refractivity contribution in [3.63, 3.8) is 0 Å². The second-order valence-corrected chi connectivity index (χ2v) is 6.62. The summed E-state index contributed by atoms with van der Waals surface area (Å²) >= 11 is 0. The average Bonchev–Trinajstić information content (AvgIpc) is 2.96. The lowest BCUT2D eigenvalue weighted by Gasteiger charge is -2.20. The summed E-state index contributed by atoms with van der Waals surface area (Å²) in [6.07, 6.45) is 1.61. The van der Waals surface area contributed by atoms with Gasteiger partial charge in [-0.2, -0.15) is 10.2 Å². The molecule has 2 aromatic heterocycles. The van der Waals surface area contributed by atoms with Gasteiger partial charge in [0.25, 0.3) is 5.56 Å². The molecule has 136 valence electrons. The van der Waals surface area contributed by atoms with Crippen LogP contribution in [0.25, 0.3) is 10.9 Å². The number of hydrogen-bond donors (Lipinski definition) is 1. The van der Waals surface area contributed by atoms with Gasteiger partial charge in [0.15, 0.2) is 0 Å². The van der Waals surface area contributed by atoms with Crippen molar-refractivity contribution in [1.82, 2.24) is 24.9 Å². The molecule has 0 unspecified atom stereocenters. The third-order valence-electron chi connectivity index (χ3n) is 3.53. The van der Waals surface area contributed by atoms with E-state index in [0.717, 1.165) is 4.68 Å². The van der Waals surface area contributed by atoms with E-state index in [1.54, 1.807) is 24.7 Å². The van der Waals surface area contributed by atoms with E-state index in [1.165, 1.54) is 0 Å². The minimum atomic E-state index is -0.534. The normalized spacial score (nSPS) is 11.6. The molecule has 0 radical (unpaired) electrons. The molecule has 0 aliphatic rings. The van der Waals surface area contributed by atoms with E-state index in [9.17, 15) is 14.4 Å². The first kappa shape index (κ1) is 18.6. The molecular weight excluding hydrogens is 326 g/mol. The number of nitrogens with zero attached hydrogens (tertiary/aromatic N) is 4. The standard InChI is InChI=1S/C16H23N5O4/c1-6-25-13(23)8-17-12(22)9-20-15(24)14-11(10(2)19-20)7-18-21(14)16(3,4)5/h7H,6,8-9H2,1-5H3,(H,17,22). The van der Waals surface area contributed by atoms with E-state index in [0.29, 0.717) is 16.6 Å². The Bertz CT molecular complexity index is 860. The Balaban J connectivity index is 2.30. The van der Waals surface area contributed by atoms with Crippen molar-refractivity contribution in [2.24, 2.45) is 0 Å². The van der Waals surface area contributed by atoms with Gasteiger partial charge in [0.1, 0.15) is 18.6 Å². The van der Waals surface area contributed by atoms with Crippen LogP contribution in [0.5, 0.6) is 0 Å². The molecule has 0 saturated carbocycles. The number of esters is 1. The van der Waals surface area contributed by atoms with Gasteiger partial charge in [-0.15, -0.1) is 0 Å². The molecule has 0 saturated heterocycles. The highest BCUT2D eigenvalue weighted by molar-refractivity contribution is 5.83. The molecule has 0 aliphatic carbocycles. The van der Waals surface area contributed by atoms with Gasteiger partial charge in [0.05, 0.1) is 24.0 Å². The second kappa shape index (κ2) is 7.04. The van der Waals surface area contributed by atoms with Gasteiger partial charge in [-0.1, -0.05) is 0 Å². The predicted octanol–water partition coefficient (Wildman–Crippen LogP) is 0.336. The fourth-order valence-corrected chi connectivity index (χ4v) is 2.41. The van der Waals surface area contributed by atoms with E-state index in [2.05, 4.69) is 15.5 Å². The summed E-state index contributed by atoms with van der Waals surface area (Å²) in [5, 5.41) is 11.5. The summed E-state index contributed by atoms with van der Waals surface area (Å²) < 4.78 is 7.45. The van der Waals surface area contributed by atoms with E-state index < -0.39 is 23.0 Å². The van der Waals surface area contributed by atoms with Gasteiger partial charge in [-0.25, -0.2) is 4.68 Å². The van der Waals surface area contributed by atoms with Gasteiger partial charge >= 0.3 is 5.97 Å². The molecular formula is C16H23N5O4. The first-order valence-corrected chi connectivity index (χ1v) is 8.03. The lowest BCUT2D eigenvalue weighted by atomic mass is 10.1. The van der Waals surface area contributed by atoms with Crippen LogP contribution in [0.2, 0.25) is 0 Å². The maximum atomic E-state index is 12.8. The number of fused-ring (bicyclic) bond motifs is 1. The molecule has 25 heavy (non-hydrogen) atoms. The highest BCUT2D eigenvalue weighted by atomic mass is 16.5. The molecule has 9 nitrogen and oxygen atoms in total. The summed E-state index contributed by atoms with van der Waals surface area (Å²) in [5.41, 5.74) is 0.208. The van der Waals surface area contributed by atoms with Crippen molar-refractivity contribution in [2.75, 3.05) is 13.2 Å². The van der Waals surface area contributed by atoms with Gasteiger partial charge in [0.2, 0.25) is 5.91 Å². The maximum Gasteiger partial charge on any atom is 0.325 e. The molecule has 0 aliphatic heterocycles. The van der Waals surface area contributed by atoms with E-state index in [4.69, 9.17) is 4.74 Å². The number of aryl methyl sites for hydroxylation is 1. The van der Waals surface area contributed by atoms with E-state index >= 15 is 0 Å². The van der Waals surface area contributed by atoms with Crippen LogP contribution in [0.3, 0.4) is 0 Å². The van der Waals surface area contributed by atoms with Crippen molar-refractivity contribution in [1.29, 1.82) is 0 Å². The first-order valence-electron chi connectivity index (χ1n) is 8.03. The quantitative estimate of drug-likeness (QED) is 0.780. The van der Waals surface area contributed by atoms with Crippen LogP contribution < -0.4 is 10.9 Å². The monoisotopic (exact) mass is 349 g/mol. The number of nitrogens with one attached hydrogen (secondary N) is 1. The molecule has 0 atom stereocenters. The molecule has 1 amide bonds. The van der Waals surface area contributed by atoms with Crippen molar-refractivity contribution >= 4 is 22.8 Å². The smallest absolute Gasteiger partial charge is 0.325 e. The van der Waals surface area contributed by atoms with Crippen LogP contribution in [-0.2, 0) is 26.4 Å². The average molecular weight is 349 g/mol. The van der Waals surface area contributed by atoms with Crippen molar-refractivity contribution < 1.29 is 14.3 Å². The third-order valence-corrected chi connectivity index (χ3v) is 3.53. The minimum absolute atomic E-state index is 0.238. The summed E-state index contributed by atoms with van der Waals surface area (Å²) in [6, 6.07) is 0. The third kappa shape index (κ3) is 4.04. The highest BCUT2D eigenvalue weighted by Gasteiger charge is 2.22. The molecule has 0 aromatic carbocycles. The molecule has 0 fully saturated rings. The van der Waals surface area contributed by atoms with Crippen molar-refractivity contribution in [2.45, 2.75) is 46.7 Å². The maximum absolute atomic E-state index is 12.8. The number of ether oxygens (including phenoxy) is 1. The summed E-state index contributed by atoms with van der Waals surface area (Å²) in [7, 11) is 0. The lowest BCUT2D eigenvalue weighted by Crippen LogP contribution is -2.38. The minimum Gasteiger partial charge on any atom is -0.465 e. The number of hydrogen-bond acceptors (Lipinski definition) is 6. The Hall–Kier alpha value is -2.71. The lowest BCUT2D eigenvalue weighted by molar-refractivity contribution is -0.143. The van der Waals surface area contributed by atoms with Crippen LogP contribution in [0.15, 0.2) is 11.0 Å². The number of amides is 1. The topological polar surface area (TPSA) is 108 Å². The van der Waals surface area contributed by atoms with E-state index in [-0.39, 0.29) is 19.7 Å². The first-order chi connectivity index (χ1) is 11.6. The molecule has 9 heteroatoms. The van der Waals surface area contributed by atoms with Crippen LogP contribution in [0.1, 0.15) is 33.4 Å². The Morgan fingerprint density at radius 1 is 1.32 bits per heavy atom. The van der Waals surface area contributed by atoms with Crippen LogP contribution in [0, 0.1) is 6.92 Å². The molecule has 1 N–H and O–H groups in total. The Labute approximate surface area is 145 Å². The summed E-state index contributed by atoms with van der Waals surface area (Å²) in [4.78, 5) is 36.0. The van der Waals surface area contributed by atoms with Crippen molar-refractivity contribution in [3.8, 4) is 0 Å². The van der Waals surface area contributed by atoms with Gasteiger partial charge in [-0.3, -0.25) is 19.1 Å². The fraction of sp³-hybridized carbons (Fsp3) is 0.562.